The molecule has 4 nitrogen and oxygen atoms in total. The first kappa shape index (κ1) is 18.5. The minimum Gasteiger partial charge on any atom is -0.489 e. The second-order valence-electron chi connectivity index (χ2n) is 7.89. The van der Waals surface area contributed by atoms with Crippen molar-refractivity contribution in [3.8, 4) is 5.75 Å². The van der Waals surface area contributed by atoms with Crippen LogP contribution < -0.4 is 10.1 Å². The fourth-order valence-corrected chi connectivity index (χ4v) is 3.82. The third kappa shape index (κ3) is 5.32. The zero-order chi connectivity index (χ0) is 18.5. The number of rotatable bonds is 8. The molecule has 2 aliphatic rings. The summed E-state index contributed by atoms with van der Waals surface area (Å²) in [6, 6.07) is 19.6. The standard InChI is InChI=1S/C23H31N3O/c1-25-13-15-26(16-14-25)12-11-24-23-17-22(23)20-7-9-21(10-8-20)27-18-19-5-3-2-4-6-19/h2-10,22-24H,11-18H2,1H3/t22?,23-/m0/s1. The van der Waals surface area contributed by atoms with Crippen LogP contribution in [0.1, 0.15) is 23.5 Å². The number of piperazine rings is 1. The molecule has 2 atom stereocenters. The molecule has 0 bridgehead atoms. The Hall–Kier alpha value is -1.88. The number of likely N-dealkylation sites (N-methyl/N-ethyl adjacent to an activating group) is 1. The summed E-state index contributed by atoms with van der Waals surface area (Å²) in [5, 5.41) is 3.74. The summed E-state index contributed by atoms with van der Waals surface area (Å²) in [6.45, 7) is 7.70. The number of nitrogens with zero attached hydrogens (tertiary/aromatic N) is 2. The highest BCUT2D eigenvalue weighted by atomic mass is 16.5. The summed E-state index contributed by atoms with van der Waals surface area (Å²) in [4.78, 5) is 4.98. The molecule has 144 valence electrons. The molecule has 2 fully saturated rings. The van der Waals surface area contributed by atoms with Crippen LogP contribution in [0.2, 0.25) is 0 Å². The quantitative estimate of drug-likeness (QED) is 0.778. The van der Waals surface area contributed by atoms with Gasteiger partial charge in [-0.1, -0.05) is 42.5 Å². The van der Waals surface area contributed by atoms with Crippen molar-refractivity contribution in [3.05, 3.63) is 65.7 Å². The Kier molecular flexibility index (Phi) is 6.07. The van der Waals surface area contributed by atoms with Gasteiger partial charge in [0.25, 0.3) is 0 Å². The van der Waals surface area contributed by atoms with E-state index in [1.165, 1.54) is 50.3 Å². The van der Waals surface area contributed by atoms with Crippen molar-refractivity contribution in [2.75, 3.05) is 46.3 Å². The van der Waals surface area contributed by atoms with Crippen LogP contribution in [0.4, 0.5) is 0 Å². The lowest BCUT2D eigenvalue weighted by Gasteiger charge is -2.32. The van der Waals surface area contributed by atoms with Gasteiger partial charge in [0.1, 0.15) is 12.4 Å². The molecule has 1 unspecified atom stereocenters. The molecular weight excluding hydrogens is 334 g/mol. The van der Waals surface area contributed by atoms with E-state index in [2.05, 4.69) is 58.6 Å². The lowest BCUT2D eigenvalue weighted by molar-refractivity contribution is 0.154. The van der Waals surface area contributed by atoms with Crippen molar-refractivity contribution in [2.24, 2.45) is 0 Å². The monoisotopic (exact) mass is 365 g/mol. The predicted molar refractivity (Wildman–Crippen MR) is 110 cm³/mol. The van der Waals surface area contributed by atoms with E-state index < -0.39 is 0 Å². The van der Waals surface area contributed by atoms with Crippen LogP contribution in [0.25, 0.3) is 0 Å². The summed E-state index contributed by atoms with van der Waals surface area (Å²) in [5.41, 5.74) is 2.63. The van der Waals surface area contributed by atoms with Gasteiger partial charge in [0.15, 0.2) is 0 Å². The maximum atomic E-state index is 5.89. The molecule has 27 heavy (non-hydrogen) atoms. The molecule has 0 radical (unpaired) electrons. The van der Waals surface area contributed by atoms with Crippen molar-refractivity contribution >= 4 is 0 Å². The minimum atomic E-state index is 0.625. The van der Waals surface area contributed by atoms with Crippen LogP contribution in [0.5, 0.6) is 5.75 Å². The molecule has 1 saturated heterocycles. The van der Waals surface area contributed by atoms with Crippen LogP contribution >= 0.6 is 0 Å². The van der Waals surface area contributed by atoms with E-state index in [4.69, 9.17) is 4.74 Å². The second kappa shape index (κ2) is 8.87. The van der Waals surface area contributed by atoms with E-state index in [0.29, 0.717) is 18.6 Å². The van der Waals surface area contributed by atoms with Gasteiger partial charge in [0.2, 0.25) is 0 Å². The van der Waals surface area contributed by atoms with Gasteiger partial charge in [0, 0.05) is 51.2 Å². The van der Waals surface area contributed by atoms with Crippen LogP contribution in [-0.2, 0) is 6.61 Å². The van der Waals surface area contributed by atoms with Gasteiger partial charge in [-0.05, 0) is 36.7 Å². The number of ether oxygens (including phenoxy) is 1. The van der Waals surface area contributed by atoms with Crippen LogP contribution in [0, 0.1) is 0 Å². The van der Waals surface area contributed by atoms with E-state index in [-0.39, 0.29) is 0 Å². The molecule has 1 saturated carbocycles. The molecule has 2 aromatic rings. The molecule has 4 heteroatoms. The van der Waals surface area contributed by atoms with E-state index in [1.807, 2.05) is 18.2 Å². The van der Waals surface area contributed by atoms with E-state index in [0.717, 1.165) is 12.3 Å². The second-order valence-corrected chi connectivity index (χ2v) is 7.89. The fraction of sp³-hybridized carbons (Fsp3) is 0.478. The first-order chi connectivity index (χ1) is 13.3. The Labute approximate surface area is 163 Å². The molecular formula is C23H31N3O. The van der Waals surface area contributed by atoms with Gasteiger partial charge in [-0.15, -0.1) is 0 Å². The topological polar surface area (TPSA) is 27.7 Å². The third-order valence-electron chi connectivity index (χ3n) is 5.78. The Morgan fingerprint density at radius 1 is 0.963 bits per heavy atom. The maximum Gasteiger partial charge on any atom is 0.119 e. The average Bonchev–Trinajstić information content (AvgIpc) is 3.49. The van der Waals surface area contributed by atoms with Crippen molar-refractivity contribution in [1.82, 2.24) is 15.1 Å². The van der Waals surface area contributed by atoms with Gasteiger partial charge in [-0.25, -0.2) is 0 Å². The van der Waals surface area contributed by atoms with Gasteiger partial charge in [-0.3, -0.25) is 4.90 Å². The fourth-order valence-electron chi connectivity index (χ4n) is 3.82. The normalized spacial score (nSPS) is 23.3. The Balaban J connectivity index is 1.17. The van der Waals surface area contributed by atoms with Gasteiger partial charge in [-0.2, -0.15) is 0 Å². The predicted octanol–water partition coefficient (Wildman–Crippen LogP) is 2.96. The molecule has 0 amide bonds. The van der Waals surface area contributed by atoms with Crippen molar-refractivity contribution in [1.29, 1.82) is 0 Å². The number of benzene rings is 2. The summed E-state index contributed by atoms with van der Waals surface area (Å²) in [5.74, 6) is 1.61. The lowest BCUT2D eigenvalue weighted by atomic mass is 10.1. The summed E-state index contributed by atoms with van der Waals surface area (Å²) >= 11 is 0. The van der Waals surface area contributed by atoms with Crippen LogP contribution in [-0.4, -0.2) is 62.2 Å². The minimum absolute atomic E-state index is 0.625. The average molecular weight is 366 g/mol. The zero-order valence-corrected chi connectivity index (χ0v) is 16.3. The largest absolute Gasteiger partial charge is 0.489 e. The third-order valence-corrected chi connectivity index (χ3v) is 5.78. The molecule has 1 heterocycles. The maximum absolute atomic E-state index is 5.89. The molecule has 4 rings (SSSR count). The Morgan fingerprint density at radius 3 is 2.44 bits per heavy atom. The van der Waals surface area contributed by atoms with E-state index >= 15 is 0 Å². The van der Waals surface area contributed by atoms with E-state index in [1.54, 1.807) is 0 Å². The highest BCUT2D eigenvalue weighted by Crippen LogP contribution is 2.41. The van der Waals surface area contributed by atoms with Crippen LogP contribution in [0.15, 0.2) is 54.6 Å². The number of hydrogen-bond acceptors (Lipinski definition) is 4. The van der Waals surface area contributed by atoms with Gasteiger partial charge < -0.3 is 15.0 Å². The van der Waals surface area contributed by atoms with Gasteiger partial charge >= 0.3 is 0 Å². The first-order valence-electron chi connectivity index (χ1n) is 10.2. The Bertz CT molecular complexity index is 695. The van der Waals surface area contributed by atoms with E-state index in [9.17, 15) is 0 Å². The smallest absolute Gasteiger partial charge is 0.119 e. The van der Waals surface area contributed by atoms with Crippen molar-refractivity contribution in [2.45, 2.75) is 25.0 Å². The summed E-state index contributed by atoms with van der Waals surface area (Å²) < 4.78 is 5.89. The lowest BCUT2D eigenvalue weighted by Crippen LogP contribution is -2.46. The Morgan fingerprint density at radius 2 is 1.70 bits per heavy atom. The summed E-state index contributed by atoms with van der Waals surface area (Å²) in [6.07, 6.45) is 1.26. The molecule has 1 N–H and O–H groups in total. The number of hydrogen-bond donors (Lipinski definition) is 1. The van der Waals surface area contributed by atoms with Gasteiger partial charge in [0.05, 0.1) is 0 Å². The highest BCUT2D eigenvalue weighted by molar-refractivity contribution is 5.34. The summed E-state index contributed by atoms with van der Waals surface area (Å²) in [7, 11) is 2.21. The van der Waals surface area contributed by atoms with Crippen molar-refractivity contribution in [3.63, 3.8) is 0 Å². The molecule has 0 aromatic heterocycles. The molecule has 2 aromatic carbocycles. The first-order valence-corrected chi connectivity index (χ1v) is 10.2. The van der Waals surface area contributed by atoms with Crippen LogP contribution in [0.3, 0.4) is 0 Å². The molecule has 1 aliphatic carbocycles. The SMILES string of the molecule is CN1CCN(CCN[C@H]2CC2c2ccc(OCc3ccccc3)cc2)CC1. The zero-order valence-electron chi connectivity index (χ0n) is 16.3. The molecule has 0 spiro atoms. The molecule has 1 aliphatic heterocycles. The number of nitrogens with one attached hydrogen (secondary N) is 1. The highest BCUT2D eigenvalue weighted by Gasteiger charge is 2.37. The van der Waals surface area contributed by atoms with Crippen molar-refractivity contribution < 1.29 is 4.74 Å².